The number of nitriles is 1. The van der Waals surface area contributed by atoms with Crippen LogP contribution in [-0.4, -0.2) is 10.2 Å². The van der Waals surface area contributed by atoms with Gasteiger partial charge in [0.05, 0.1) is 11.6 Å². The van der Waals surface area contributed by atoms with Crippen LogP contribution in [0.25, 0.3) is 0 Å². The largest absolute Gasteiger partial charge is 0.504 e. The number of nitrogens with zero attached hydrogens (tertiary/aromatic N) is 1. The second-order valence-electron chi connectivity index (χ2n) is 4.13. The molecule has 0 bridgehead atoms. The third-order valence-corrected chi connectivity index (χ3v) is 2.83. The summed E-state index contributed by atoms with van der Waals surface area (Å²) in [6.45, 7) is 0. The van der Waals surface area contributed by atoms with Crippen molar-refractivity contribution in [2.45, 2.75) is 12.8 Å². The molecule has 2 aromatic rings. The van der Waals surface area contributed by atoms with Gasteiger partial charge in [-0.15, -0.1) is 0 Å². The highest BCUT2D eigenvalue weighted by atomic mass is 16.3. The molecule has 0 aliphatic heterocycles. The quantitative estimate of drug-likeness (QED) is 0.809. The van der Waals surface area contributed by atoms with E-state index in [1.807, 2.05) is 12.1 Å². The van der Waals surface area contributed by atoms with Gasteiger partial charge in [-0.05, 0) is 48.2 Å². The van der Waals surface area contributed by atoms with Gasteiger partial charge in [-0.25, -0.2) is 0 Å². The van der Waals surface area contributed by atoms with Crippen LogP contribution in [0.4, 0.5) is 0 Å². The highest BCUT2D eigenvalue weighted by Crippen LogP contribution is 2.25. The SMILES string of the molecule is N#Cc1ccc(CCc2ccc(O)c(O)c2)cc1. The Bertz CT molecular complexity index is 582. The van der Waals surface area contributed by atoms with Crippen LogP contribution in [-0.2, 0) is 12.8 Å². The van der Waals surface area contributed by atoms with Crippen molar-refractivity contribution < 1.29 is 10.2 Å². The Hall–Kier alpha value is -2.47. The average Bonchev–Trinajstić information content (AvgIpc) is 2.41. The molecule has 0 aliphatic carbocycles. The molecule has 0 saturated carbocycles. The summed E-state index contributed by atoms with van der Waals surface area (Å²) in [6.07, 6.45) is 1.61. The summed E-state index contributed by atoms with van der Waals surface area (Å²) in [4.78, 5) is 0. The summed E-state index contributed by atoms with van der Waals surface area (Å²) in [7, 11) is 0. The van der Waals surface area contributed by atoms with Gasteiger partial charge in [-0.2, -0.15) is 5.26 Å². The first-order valence-electron chi connectivity index (χ1n) is 5.69. The van der Waals surface area contributed by atoms with Crippen LogP contribution in [0.1, 0.15) is 16.7 Å². The molecule has 0 atom stereocenters. The topological polar surface area (TPSA) is 64.2 Å². The van der Waals surface area contributed by atoms with Crippen molar-refractivity contribution in [2.75, 3.05) is 0 Å². The molecule has 0 heterocycles. The van der Waals surface area contributed by atoms with E-state index in [1.165, 1.54) is 6.07 Å². The van der Waals surface area contributed by atoms with Crippen molar-refractivity contribution in [1.29, 1.82) is 5.26 Å². The number of aryl methyl sites for hydroxylation is 2. The van der Waals surface area contributed by atoms with E-state index in [2.05, 4.69) is 6.07 Å². The van der Waals surface area contributed by atoms with E-state index < -0.39 is 0 Å². The van der Waals surface area contributed by atoms with E-state index in [0.29, 0.717) is 5.56 Å². The number of hydrogen-bond donors (Lipinski definition) is 2. The van der Waals surface area contributed by atoms with Gasteiger partial charge >= 0.3 is 0 Å². The van der Waals surface area contributed by atoms with Crippen LogP contribution >= 0.6 is 0 Å². The summed E-state index contributed by atoms with van der Waals surface area (Å²) >= 11 is 0. The zero-order valence-electron chi connectivity index (χ0n) is 9.80. The average molecular weight is 239 g/mol. The summed E-state index contributed by atoms with van der Waals surface area (Å²) in [5, 5.41) is 27.3. The molecular formula is C15H13NO2. The zero-order chi connectivity index (χ0) is 13.0. The third kappa shape index (κ3) is 2.80. The second kappa shape index (κ2) is 5.24. The molecule has 90 valence electrons. The summed E-state index contributed by atoms with van der Waals surface area (Å²) < 4.78 is 0. The normalized spacial score (nSPS) is 9.94. The van der Waals surface area contributed by atoms with Gasteiger partial charge in [-0.3, -0.25) is 0 Å². The number of aromatic hydroxyl groups is 2. The highest BCUT2D eigenvalue weighted by Gasteiger charge is 2.01. The molecule has 0 saturated heterocycles. The van der Waals surface area contributed by atoms with Crippen LogP contribution in [0.3, 0.4) is 0 Å². The zero-order valence-corrected chi connectivity index (χ0v) is 9.80. The first-order chi connectivity index (χ1) is 8.69. The Morgan fingerprint density at radius 2 is 1.44 bits per heavy atom. The lowest BCUT2D eigenvalue weighted by molar-refractivity contribution is 0.403. The third-order valence-electron chi connectivity index (χ3n) is 2.83. The molecular weight excluding hydrogens is 226 g/mol. The van der Waals surface area contributed by atoms with Crippen molar-refractivity contribution in [3.05, 3.63) is 59.2 Å². The number of phenols is 2. The fraction of sp³-hybridized carbons (Fsp3) is 0.133. The number of benzene rings is 2. The van der Waals surface area contributed by atoms with Crippen molar-refractivity contribution in [2.24, 2.45) is 0 Å². The van der Waals surface area contributed by atoms with Crippen molar-refractivity contribution in [1.82, 2.24) is 0 Å². The van der Waals surface area contributed by atoms with Gasteiger partial charge in [-0.1, -0.05) is 18.2 Å². The van der Waals surface area contributed by atoms with Crippen molar-refractivity contribution in [3.63, 3.8) is 0 Å². The molecule has 0 aliphatic rings. The minimum Gasteiger partial charge on any atom is -0.504 e. The maximum Gasteiger partial charge on any atom is 0.157 e. The number of rotatable bonds is 3. The molecule has 0 fully saturated rings. The van der Waals surface area contributed by atoms with E-state index >= 15 is 0 Å². The van der Waals surface area contributed by atoms with Crippen LogP contribution in [0.2, 0.25) is 0 Å². The first-order valence-corrected chi connectivity index (χ1v) is 5.69. The number of phenolic OH excluding ortho intramolecular Hbond substituents is 2. The minimum absolute atomic E-state index is 0.0904. The fourth-order valence-electron chi connectivity index (χ4n) is 1.76. The van der Waals surface area contributed by atoms with E-state index in [9.17, 15) is 10.2 Å². The Labute approximate surface area is 106 Å². The molecule has 2 aromatic carbocycles. The summed E-state index contributed by atoms with van der Waals surface area (Å²) in [5.41, 5.74) is 2.76. The standard InChI is InChI=1S/C15H13NO2/c16-10-13-5-2-11(3-6-13)1-4-12-7-8-14(17)15(18)9-12/h2-3,5-9,17-18H,1,4H2. The summed E-state index contributed by atoms with van der Waals surface area (Å²) in [5.74, 6) is -0.190. The van der Waals surface area contributed by atoms with E-state index in [1.54, 1.807) is 24.3 Å². The predicted octanol–water partition coefficient (Wildman–Crippen LogP) is 2.75. The minimum atomic E-state index is -0.0999. The van der Waals surface area contributed by atoms with Gasteiger partial charge in [0.25, 0.3) is 0 Å². The maximum absolute atomic E-state index is 9.38. The van der Waals surface area contributed by atoms with Gasteiger partial charge < -0.3 is 10.2 Å². The molecule has 0 amide bonds. The fourth-order valence-corrected chi connectivity index (χ4v) is 1.76. The van der Waals surface area contributed by atoms with Crippen LogP contribution in [0.15, 0.2) is 42.5 Å². The maximum atomic E-state index is 9.38. The molecule has 0 spiro atoms. The Morgan fingerprint density at radius 1 is 0.833 bits per heavy atom. The van der Waals surface area contributed by atoms with E-state index in [-0.39, 0.29) is 11.5 Å². The Kier molecular flexibility index (Phi) is 3.49. The van der Waals surface area contributed by atoms with Gasteiger partial charge in [0.2, 0.25) is 0 Å². The number of hydrogen-bond acceptors (Lipinski definition) is 3. The Morgan fingerprint density at radius 3 is 2.06 bits per heavy atom. The van der Waals surface area contributed by atoms with Gasteiger partial charge in [0, 0.05) is 0 Å². The molecule has 0 aromatic heterocycles. The molecule has 2 rings (SSSR count). The van der Waals surface area contributed by atoms with E-state index in [4.69, 9.17) is 5.26 Å². The lowest BCUT2D eigenvalue weighted by atomic mass is 10.0. The van der Waals surface area contributed by atoms with Gasteiger partial charge in [0.15, 0.2) is 11.5 Å². The van der Waals surface area contributed by atoms with Crippen molar-refractivity contribution in [3.8, 4) is 17.6 Å². The molecule has 3 heteroatoms. The van der Waals surface area contributed by atoms with Gasteiger partial charge in [0.1, 0.15) is 0 Å². The predicted molar refractivity (Wildman–Crippen MR) is 68.3 cm³/mol. The monoisotopic (exact) mass is 239 g/mol. The molecule has 0 unspecified atom stereocenters. The molecule has 3 nitrogen and oxygen atoms in total. The molecule has 18 heavy (non-hydrogen) atoms. The highest BCUT2D eigenvalue weighted by molar-refractivity contribution is 5.41. The second-order valence-corrected chi connectivity index (χ2v) is 4.13. The lowest BCUT2D eigenvalue weighted by Crippen LogP contribution is -1.91. The van der Waals surface area contributed by atoms with Crippen molar-refractivity contribution >= 4 is 0 Å². The smallest absolute Gasteiger partial charge is 0.157 e. The molecule has 2 N–H and O–H groups in total. The molecule has 0 radical (unpaired) electrons. The lowest BCUT2D eigenvalue weighted by Gasteiger charge is -2.04. The first kappa shape index (κ1) is 12.0. The Balaban J connectivity index is 2.02. The van der Waals surface area contributed by atoms with Crippen LogP contribution in [0, 0.1) is 11.3 Å². The van der Waals surface area contributed by atoms with Crippen LogP contribution < -0.4 is 0 Å². The summed E-state index contributed by atoms with van der Waals surface area (Å²) in [6, 6.07) is 14.4. The van der Waals surface area contributed by atoms with E-state index in [0.717, 1.165) is 24.0 Å². The van der Waals surface area contributed by atoms with Crippen LogP contribution in [0.5, 0.6) is 11.5 Å².